The minimum Gasteiger partial charge on any atom is -0.354 e. The molecule has 0 aliphatic heterocycles. The molecule has 2 amide bonds. The van der Waals surface area contributed by atoms with Gasteiger partial charge in [0.15, 0.2) is 0 Å². The summed E-state index contributed by atoms with van der Waals surface area (Å²) < 4.78 is 13.2. The van der Waals surface area contributed by atoms with Crippen LogP contribution in [0.25, 0.3) is 0 Å². The first-order valence-electron chi connectivity index (χ1n) is 10.2. The third-order valence-electron chi connectivity index (χ3n) is 4.81. The summed E-state index contributed by atoms with van der Waals surface area (Å²) in [6.45, 7) is 8.91. The van der Waals surface area contributed by atoms with Crippen molar-refractivity contribution in [3.63, 3.8) is 0 Å². The van der Waals surface area contributed by atoms with Crippen LogP contribution in [0.5, 0.6) is 0 Å². The lowest BCUT2D eigenvalue weighted by Crippen LogP contribution is -2.50. The average Bonchev–Trinajstić information content (AvgIpc) is 2.69. The van der Waals surface area contributed by atoms with Crippen LogP contribution in [0.4, 0.5) is 4.39 Å². The summed E-state index contributed by atoms with van der Waals surface area (Å²) in [6.07, 6.45) is 0.644. The van der Waals surface area contributed by atoms with E-state index in [9.17, 15) is 14.0 Å². The molecule has 0 fully saturated rings. The van der Waals surface area contributed by atoms with Crippen molar-refractivity contribution in [3.05, 3.63) is 71.0 Å². The molecule has 0 spiro atoms. The largest absolute Gasteiger partial charge is 0.354 e. The predicted molar refractivity (Wildman–Crippen MR) is 114 cm³/mol. The summed E-state index contributed by atoms with van der Waals surface area (Å²) in [5.41, 5.74) is 2.83. The molecule has 0 aromatic heterocycles. The van der Waals surface area contributed by atoms with E-state index in [4.69, 9.17) is 0 Å². The van der Waals surface area contributed by atoms with Gasteiger partial charge in [0.05, 0.1) is 6.42 Å². The van der Waals surface area contributed by atoms with Gasteiger partial charge in [-0.3, -0.25) is 9.59 Å². The van der Waals surface area contributed by atoms with Gasteiger partial charge in [0.25, 0.3) is 0 Å². The number of amides is 2. The summed E-state index contributed by atoms with van der Waals surface area (Å²) in [5.74, 6) is -0.293. The van der Waals surface area contributed by atoms with E-state index in [1.54, 1.807) is 17.0 Å². The molecule has 2 aromatic rings. The molecule has 0 aliphatic rings. The van der Waals surface area contributed by atoms with Crippen LogP contribution >= 0.6 is 0 Å². The van der Waals surface area contributed by atoms with Crippen LogP contribution in [-0.4, -0.2) is 29.3 Å². The first-order chi connectivity index (χ1) is 13.8. The average molecular weight is 399 g/mol. The Hall–Kier alpha value is -2.69. The van der Waals surface area contributed by atoms with Gasteiger partial charge in [-0.2, -0.15) is 0 Å². The Balaban J connectivity index is 2.24. The highest BCUT2D eigenvalue weighted by Gasteiger charge is 2.28. The number of hydrogen-bond acceptors (Lipinski definition) is 2. The van der Waals surface area contributed by atoms with Gasteiger partial charge in [0.1, 0.15) is 11.9 Å². The van der Waals surface area contributed by atoms with Gasteiger partial charge >= 0.3 is 0 Å². The molecule has 0 saturated heterocycles. The van der Waals surface area contributed by atoms with Gasteiger partial charge in [0.2, 0.25) is 11.8 Å². The molecule has 0 heterocycles. The Morgan fingerprint density at radius 3 is 2.14 bits per heavy atom. The molecule has 156 valence electrons. The van der Waals surface area contributed by atoms with E-state index in [1.807, 2.05) is 52.0 Å². The maximum Gasteiger partial charge on any atom is 0.242 e. The number of rotatable bonds is 9. The zero-order valence-corrected chi connectivity index (χ0v) is 17.7. The number of halogens is 1. The minimum absolute atomic E-state index is 0.125. The van der Waals surface area contributed by atoms with Gasteiger partial charge in [-0.1, -0.05) is 62.7 Å². The van der Waals surface area contributed by atoms with Crippen LogP contribution in [0.3, 0.4) is 0 Å². The number of nitrogens with zero attached hydrogens (tertiary/aromatic N) is 1. The van der Waals surface area contributed by atoms with Crippen LogP contribution in [-0.2, 0) is 22.6 Å². The topological polar surface area (TPSA) is 49.4 Å². The number of nitrogens with one attached hydrogen (secondary N) is 1. The standard InChI is InChI=1S/C24H31FN2O2/c1-5-22(24(29)26-15-17(2)3)27(16-20-8-6-18(4)7-9-20)23(28)14-19-10-12-21(25)13-11-19/h6-13,17,22H,5,14-16H2,1-4H3,(H,26,29)/t22-/m0/s1. The predicted octanol–water partition coefficient (Wildman–Crippen LogP) is 4.26. The third kappa shape index (κ3) is 7.00. The molecule has 0 radical (unpaired) electrons. The van der Waals surface area contributed by atoms with Crippen LogP contribution in [0, 0.1) is 18.7 Å². The summed E-state index contributed by atoms with van der Waals surface area (Å²) in [4.78, 5) is 27.6. The maximum atomic E-state index is 13.2. The Labute approximate surface area is 173 Å². The van der Waals surface area contributed by atoms with Crippen molar-refractivity contribution in [1.82, 2.24) is 10.2 Å². The van der Waals surface area contributed by atoms with Crippen molar-refractivity contribution in [2.75, 3.05) is 6.54 Å². The summed E-state index contributed by atoms with van der Waals surface area (Å²) >= 11 is 0. The maximum absolute atomic E-state index is 13.2. The monoisotopic (exact) mass is 398 g/mol. The second-order valence-electron chi connectivity index (χ2n) is 7.87. The first kappa shape index (κ1) is 22.6. The molecule has 1 atom stereocenters. The summed E-state index contributed by atoms with van der Waals surface area (Å²) in [5, 5.41) is 2.95. The molecule has 0 saturated carbocycles. The van der Waals surface area contributed by atoms with Crippen molar-refractivity contribution >= 4 is 11.8 Å². The molecule has 5 heteroatoms. The smallest absolute Gasteiger partial charge is 0.242 e. The van der Waals surface area contributed by atoms with E-state index in [-0.39, 0.29) is 24.1 Å². The molecule has 2 rings (SSSR count). The van der Waals surface area contributed by atoms with E-state index >= 15 is 0 Å². The Morgan fingerprint density at radius 1 is 1.00 bits per heavy atom. The van der Waals surface area contributed by atoms with E-state index in [0.29, 0.717) is 25.4 Å². The number of benzene rings is 2. The Morgan fingerprint density at radius 2 is 1.59 bits per heavy atom. The fourth-order valence-electron chi connectivity index (χ4n) is 3.11. The summed E-state index contributed by atoms with van der Waals surface area (Å²) in [7, 11) is 0. The molecule has 0 unspecified atom stereocenters. The van der Waals surface area contributed by atoms with Crippen molar-refractivity contribution in [2.45, 2.75) is 53.1 Å². The van der Waals surface area contributed by atoms with Crippen molar-refractivity contribution in [1.29, 1.82) is 0 Å². The Kier molecular flexibility index (Phi) is 8.37. The van der Waals surface area contributed by atoms with Gasteiger partial charge in [-0.15, -0.1) is 0 Å². The molecule has 2 aromatic carbocycles. The van der Waals surface area contributed by atoms with Crippen LogP contribution in [0.1, 0.15) is 43.9 Å². The van der Waals surface area contributed by atoms with Crippen LogP contribution < -0.4 is 5.32 Å². The fraction of sp³-hybridized carbons (Fsp3) is 0.417. The van der Waals surface area contributed by atoms with Crippen molar-refractivity contribution in [2.24, 2.45) is 5.92 Å². The normalized spacial score (nSPS) is 11.9. The van der Waals surface area contributed by atoms with Gasteiger partial charge in [0, 0.05) is 13.1 Å². The number of hydrogen-bond donors (Lipinski definition) is 1. The van der Waals surface area contributed by atoms with E-state index in [0.717, 1.165) is 16.7 Å². The molecule has 29 heavy (non-hydrogen) atoms. The molecule has 0 aliphatic carbocycles. The van der Waals surface area contributed by atoms with Gasteiger partial charge in [-0.05, 0) is 42.5 Å². The van der Waals surface area contributed by atoms with E-state index < -0.39 is 6.04 Å². The fourth-order valence-corrected chi connectivity index (χ4v) is 3.11. The number of carbonyl (C=O) groups is 2. The highest BCUT2D eigenvalue weighted by atomic mass is 19.1. The SMILES string of the molecule is CC[C@@H](C(=O)NCC(C)C)N(Cc1ccc(C)cc1)C(=O)Cc1ccc(F)cc1. The second kappa shape index (κ2) is 10.7. The van der Waals surface area contributed by atoms with Crippen molar-refractivity contribution < 1.29 is 14.0 Å². The molecule has 1 N–H and O–H groups in total. The van der Waals surface area contributed by atoms with Gasteiger partial charge in [-0.25, -0.2) is 4.39 Å². The summed E-state index contributed by atoms with van der Waals surface area (Å²) in [6, 6.07) is 13.3. The highest BCUT2D eigenvalue weighted by molar-refractivity contribution is 5.88. The second-order valence-corrected chi connectivity index (χ2v) is 7.87. The molecule has 0 bridgehead atoms. The van der Waals surface area contributed by atoms with Crippen LogP contribution in [0.2, 0.25) is 0 Å². The number of aryl methyl sites for hydroxylation is 1. The lowest BCUT2D eigenvalue weighted by Gasteiger charge is -2.31. The Bertz CT molecular complexity index is 801. The molecular weight excluding hydrogens is 367 g/mol. The van der Waals surface area contributed by atoms with Crippen LogP contribution in [0.15, 0.2) is 48.5 Å². The zero-order chi connectivity index (χ0) is 21.4. The lowest BCUT2D eigenvalue weighted by atomic mass is 10.1. The minimum atomic E-state index is -0.553. The van der Waals surface area contributed by atoms with E-state index in [1.165, 1.54) is 12.1 Å². The molecular formula is C24H31FN2O2. The lowest BCUT2D eigenvalue weighted by molar-refractivity contribution is -0.141. The highest BCUT2D eigenvalue weighted by Crippen LogP contribution is 2.16. The third-order valence-corrected chi connectivity index (χ3v) is 4.81. The quantitative estimate of drug-likeness (QED) is 0.686. The van der Waals surface area contributed by atoms with E-state index in [2.05, 4.69) is 5.32 Å². The number of carbonyl (C=O) groups excluding carboxylic acids is 2. The first-order valence-corrected chi connectivity index (χ1v) is 10.2. The van der Waals surface area contributed by atoms with Gasteiger partial charge < -0.3 is 10.2 Å². The zero-order valence-electron chi connectivity index (χ0n) is 17.7. The van der Waals surface area contributed by atoms with Crippen molar-refractivity contribution in [3.8, 4) is 0 Å². The molecule has 4 nitrogen and oxygen atoms in total.